The van der Waals surface area contributed by atoms with Gasteiger partial charge in [-0.3, -0.25) is 4.79 Å². The normalized spacial score (nSPS) is 19.5. The number of amides is 1. The molecule has 0 aromatic heterocycles. The molecule has 1 fully saturated rings. The predicted octanol–water partition coefficient (Wildman–Crippen LogP) is 6.16. The number of hydrogen-bond donors (Lipinski definition) is 0. The molecule has 2 unspecified atom stereocenters. The topological polar surface area (TPSA) is 69.6 Å². The van der Waals surface area contributed by atoms with Gasteiger partial charge in [-0.05, 0) is 78.4 Å². The van der Waals surface area contributed by atoms with Gasteiger partial charge in [-0.15, -0.1) is 0 Å². The Morgan fingerprint density at radius 2 is 1.50 bits per heavy atom. The Hall–Kier alpha value is -4.26. The van der Waals surface area contributed by atoms with E-state index >= 15 is 0 Å². The molecule has 0 N–H and O–H groups in total. The van der Waals surface area contributed by atoms with Crippen LogP contribution in [-0.4, -0.2) is 45.1 Å². The van der Waals surface area contributed by atoms with E-state index in [1.54, 1.807) is 33.4 Å². The molecule has 1 saturated carbocycles. The van der Waals surface area contributed by atoms with Crippen LogP contribution in [0.2, 0.25) is 0 Å². The molecule has 7 heteroatoms. The lowest BCUT2D eigenvalue weighted by atomic mass is 9.77. The molecule has 1 heterocycles. The lowest BCUT2D eigenvalue weighted by Gasteiger charge is -2.30. The first kappa shape index (κ1) is 25.4. The molecule has 5 rings (SSSR count). The van der Waals surface area contributed by atoms with Gasteiger partial charge in [-0.25, -0.2) is 5.01 Å². The summed E-state index contributed by atoms with van der Waals surface area (Å²) in [6.07, 6.45) is 4.96. The van der Waals surface area contributed by atoms with Gasteiger partial charge >= 0.3 is 0 Å². The maximum absolute atomic E-state index is 13.8. The fraction of sp³-hybridized carbons (Fsp3) is 0.290. The van der Waals surface area contributed by atoms with E-state index in [9.17, 15) is 4.79 Å². The number of rotatable bonds is 7. The zero-order valence-electron chi connectivity index (χ0n) is 22.1. The highest BCUT2D eigenvalue weighted by molar-refractivity contribution is 6.09. The number of carbonyl (C=O) groups is 1. The van der Waals surface area contributed by atoms with Crippen LogP contribution in [0.25, 0.3) is 6.08 Å². The fourth-order valence-electron chi connectivity index (χ4n) is 5.39. The minimum Gasteiger partial charge on any atom is -0.493 e. The van der Waals surface area contributed by atoms with Crippen LogP contribution in [0.4, 0.5) is 0 Å². The Kier molecular flexibility index (Phi) is 7.36. The van der Waals surface area contributed by atoms with Gasteiger partial charge in [-0.1, -0.05) is 30.3 Å². The zero-order chi connectivity index (χ0) is 26.6. The first-order valence-corrected chi connectivity index (χ1v) is 12.7. The Balaban J connectivity index is 1.58. The van der Waals surface area contributed by atoms with Crippen molar-refractivity contribution < 1.29 is 23.7 Å². The number of allylic oxidation sites excluding steroid dienone is 1. The molecule has 2 atom stereocenters. The van der Waals surface area contributed by atoms with Crippen LogP contribution in [0.3, 0.4) is 0 Å². The third-order valence-electron chi connectivity index (χ3n) is 7.23. The van der Waals surface area contributed by atoms with Crippen LogP contribution in [0, 0.1) is 5.92 Å². The zero-order valence-corrected chi connectivity index (χ0v) is 22.1. The van der Waals surface area contributed by atoms with Gasteiger partial charge in [0.1, 0.15) is 0 Å². The van der Waals surface area contributed by atoms with Crippen LogP contribution in [0.15, 0.2) is 77.4 Å². The van der Waals surface area contributed by atoms with Gasteiger partial charge in [-0.2, -0.15) is 5.10 Å². The molecule has 0 bridgehead atoms. The van der Waals surface area contributed by atoms with E-state index < -0.39 is 0 Å². The highest BCUT2D eigenvalue weighted by Gasteiger charge is 2.44. The third-order valence-corrected chi connectivity index (χ3v) is 7.23. The molecule has 3 aromatic rings. The van der Waals surface area contributed by atoms with Crippen LogP contribution in [-0.2, 0) is 0 Å². The van der Waals surface area contributed by atoms with E-state index in [-0.39, 0.29) is 17.9 Å². The van der Waals surface area contributed by atoms with Gasteiger partial charge in [0.25, 0.3) is 5.91 Å². The van der Waals surface area contributed by atoms with Crippen molar-refractivity contribution in [1.29, 1.82) is 0 Å². The number of methoxy groups -OCH3 is 4. The van der Waals surface area contributed by atoms with Crippen molar-refractivity contribution in [2.75, 3.05) is 28.4 Å². The van der Waals surface area contributed by atoms with Gasteiger partial charge in [0.15, 0.2) is 23.0 Å². The molecular weight excluding hydrogens is 480 g/mol. The van der Waals surface area contributed by atoms with Gasteiger partial charge < -0.3 is 18.9 Å². The highest BCUT2D eigenvalue weighted by atomic mass is 16.5. The summed E-state index contributed by atoms with van der Waals surface area (Å²) in [6, 6.07) is 20.8. The summed E-state index contributed by atoms with van der Waals surface area (Å²) in [6.45, 7) is 0. The van der Waals surface area contributed by atoms with Crippen LogP contribution >= 0.6 is 0 Å². The summed E-state index contributed by atoms with van der Waals surface area (Å²) in [5, 5.41) is 6.66. The Bertz CT molecular complexity index is 1380. The molecular formula is C31H32N2O5. The molecule has 1 aliphatic heterocycles. The molecule has 196 valence electrons. The van der Waals surface area contributed by atoms with E-state index in [1.807, 2.05) is 66.7 Å². The van der Waals surface area contributed by atoms with Gasteiger partial charge in [0.05, 0.1) is 40.2 Å². The number of fused-ring (bicyclic) bond motifs is 1. The van der Waals surface area contributed by atoms with Crippen molar-refractivity contribution in [2.45, 2.75) is 25.3 Å². The summed E-state index contributed by atoms with van der Waals surface area (Å²) >= 11 is 0. The lowest BCUT2D eigenvalue weighted by molar-refractivity contribution is 0.0680. The summed E-state index contributed by atoms with van der Waals surface area (Å²) < 4.78 is 22.0. The lowest BCUT2D eigenvalue weighted by Crippen LogP contribution is -2.32. The number of hydrogen-bond acceptors (Lipinski definition) is 6. The molecule has 3 aromatic carbocycles. The molecule has 0 saturated heterocycles. The van der Waals surface area contributed by atoms with Crippen molar-refractivity contribution >= 4 is 17.7 Å². The summed E-state index contributed by atoms with van der Waals surface area (Å²) in [7, 11) is 6.50. The van der Waals surface area contributed by atoms with E-state index in [0.29, 0.717) is 28.6 Å². The quantitative estimate of drug-likeness (QED) is 0.379. The predicted molar refractivity (Wildman–Crippen MR) is 147 cm³/mol. The van der Waals surface area contributed by atoms with E-state index in [1.165, 1.54) is 0 Å². The minimum atomic E-state index is -0.258. The fourth-order valence-corrected chi connectivity index (χ4v) is 5.39. The molecule has 0 spiro atoms. The molecule has 0 radical (unpaired) electrons. The van der Waals surface area contributed by atoms with Crippen molar-refractivity contribution in [3.05, 3.63) is 89.0 Å². The molecule has 2 aliphatic rings. The van der Waals surface area contributed by atoms with Crippen molar-refractivity contribution in [1.82, 2.24) is 5.01 Å². The van der Waals surface area contributed by atoms with Gasteiger partial charge in [0, 0.05) is 11.5 Å². The van der Waals surface area contributed by atoms with Crippen LogP contribution in [0.1, 0.15) is 46.8 Å². The smallest absolute Gasteiger partial charge is 0.274 e. The SMILES string of the molecule is COc1ccc(/C=C2/CCCC3C2=NN(C(=O)c2ccccc2)C3c2ccc(OC)c(OC)c2)cc1OC. The van der Waals surface area contributed by atoms with Crippen molar-refractivity contribution in [3.8, 4) is 23.0 Å². The second-order valence-electron chi connectivity index (χ2n) is 9.34. The maximum Gasteiger partial charge on any atom is 0.274 e. The molecule has 1 amide bonds. The summed E-state index contributed by atoms with van der Waals surface area (Å²) in [5.41, 5.74) is 4.64. The first-order chi connectivity index (χ1) is 18.6. The Morgan fingerprint density at radius 1 is 0.842 bits per heavy atom. The average Bonchev–Trinajstić information content (AvgIpc) is 3.37. The summed E-state index contributed by atoms with van der Waals surface area (Å²) in [4.78, 5) is 13.8. The molecule has 1 aliphatic carbocycles. The van der Waals surface area contributed by atoms with Crippen molar-refractivity contribution in [3.63, 3.8) is 0 Å². The largest absolute Gasteiger partial charge is 0.493 e. The van der Waals surface area contributed by atoms with E-state index in [4.69, 9.17) is 24.0 Å². The van der Waals surface area contributed by atoms with Crippen LogP contribution in [0.5, 0.6) is 23.0 Å². The third kappa shape index (κ3) is 4.72. The number of nitrogens with zero attached hydrogens (tertiary/aromatic N) is 2. The van der Waals surface area contributed by atoms with Crippen molar-refractivity contribution in [2.24, 2.45) is 11.0 Å². The maximum atomic E-state index is 13.8. The monoisotopic (exact) mass is 512 g/mol. The molecule has 7 nitrogen and oxygen atoms in total. The summed E-state index contributed by atoms with van der Waals surface area (Å²) in [5.74, 6) is 2.56. The van der Waals surface area contributed by atoms with Crippen LogP contribution < -0.4 is 18.9 Å². The average molecular weight is 513 g/mol. The van der Waals surface area contributed by atoms with E-state index in [2.05, 4.69) is 6.08 Å². The minimum absolute atomic E-state index is 0.0564. The number of benzene rings is 3. The van der Waals surface area contributed by atoms with E-state index in [0.717, 1.165) is 41.7 Å². The highest BCUT2D eigenvalue weighted by Crippen LogP contribution is 2.46. The second-order valence-corrected chi connectivity index (χ2v) is 9.34. The standard InChI is InChI=1S/C31H32N2O5/c1-35-25-15-13-20(18-27(25)37-3)17-22-11-8-12-24-29(22)32-33(31(34)21-9-6-5-7-10-21)30(24)23-14-16-26(36-2)28(19-23)38-4/h5-7,9-10,13-19,24,30H,8,11-12H2,1-4H3/b22-17-. The Labute approximate surface area is 223 Å². The first-order valence-electron chi connectivity index (χ1n) is 12.7. The number of carbonyl (C=O) groups excluding carboxylic acids is 1. The van der Waals surface area contributed by atoms with Gasteiger partial charge in [0.2, 0.25) is 0 Å². The number of ether oxygens (including phenoxy) is 4. The Morgan fingerprint density at radius 3 is 2.18 bits per heavy atom. The second kappa shape index (κ2) is 11.0. The molecule has 38 heavy (non-hydrogen) atoms. The number of hydrazone groups is 1.